The maximum atomic E-state index is 11.5. The summed E-state index contributed by atoms with van der Waals surface area (Å²) in [5.74, 6) is 2.39. The van der Waals surface area contributed by atoms with E-state index in [0.717, 1.165) is 12.0 Å². The Hall–Kier alpha value is -1.05. The van der Waals surface area contributed by atoms with Crippen LogP contribution in [0.5, 0.6) is 0 Å². The van der Waals surface area contributed by atoms with Crippen molar-refractivity contribution in [2.45, 2.75) is 12.8 Å². The molecular weight excluding hydrogens is 176 g/mol. The van der Waals surface area contributed by atoms with Gasteiger partial charge in [0.2, 0.25) is 0 Å². The van der Waals surface area contributed by atoms with Crippen molar-refractivity contribution in [1.82, 2.24) is 0 Å². The van der Waals surface area contributed by atoms with Crippen LogP contribution in [0.2, 0.25) is 0 Å². The Bertz CT molecular complexity index is 340. The molecule has 3 unspecified atom stereocenters. The molecule has 2 heteroatoms. The Kier molecular flexibility index (Phi) is 1.61. The van der Waals surface area contributed by atoms with Crippen molar-refractivity contribution in [2.24, 2.45) is 23.7 Å². The van der Waals surface area contributed by atoms with E-state index in [1.54, 1.807) is 0 Å². The largest absolute Gasteiger partial charge is 0.466 e. The zero-order chi connectivity index (χ0) is 9.71. The van der Waals surface area contributed by atoms with E-state index in [1.807, 2.05) is 0 Å². The number of rotatable bonds is 1. The van der Waals surface area contributed by atoms with Gasteiger partial charge >= 0.3 is 5.97 Å². The van der Waals surface area contributed by atoms with Crippen LogP contribution < -0.4 is 0 Å². The summed E-state index contributed by atoms with van der Waals surface area (Å²) >= 11 is 0. The van der Waals surface area contributed by atoms with Crippen LogP contribution >= 0.6 is 0 Å². The van der Waals surface area contributed by atoms with Crippen molar-refractivity contribution in [3.8, 4) is 0 Å². The Morgan fingerprint density at radius 1 is 1.57 bits per heavy atom. The van der Waals surface area contributed by atoms with Crippen LogP contribution in [0.25, 0.3) is 0 Å². The predicted molar refractivity (Wildman–Crippen MR) is 52.4 cm³/mol. The van der Waals surface area contributed by atoms with E-state index in [9.17, 15) is 4.79 Å². The third-order valence-electron chi connectivity index (χ3n) is 4.01. The van der Waals surface area contributed by atoms with E-state index in [4.69, 9.17) is 4.74 Å². The lowest BCUT2D eigenvalue weighted by Gasteiger charge is -2.23. The normalized spacial score (nSPS) is 42.5. The summed E-state index contributed by atoms with van der Waals surface area (Å²) in [5, 5.41) is 0. The molecule has 0 N–H and O–H groups in total. The van der Waals surface area contributed by atoms with Gasteiger partial charge in [0.25, 0.3) is 0 Å². The average molecular weight is 190 g/mol. The highest BCUT2D eigenvalue weighted by Crippen LogP contribution is 2.55. The summed E-state index contributed by atoms with van der Waals surface area (Å²) in [7, 11) is 1.47. The summed E-state index contributed by atoms with van der Waals surface area (Å²) in [4.78, 5) is 11.5. The molecule has 2 bridgehead atoms. The first-order chi connectivity index (χ1) is 6.81. The zero-order valence-electron chi connectivity index (χ0n) is 8.27. The first-order valence-electron chi connectivity index (χ1n) is 5.28. The fraction of sp³-hybridized carbons (Fsp3) is 0.583. The van der Waals surface area contributed by atoms with Gasteiger partial charge in [-0.2, -0.15) is 0 Å². The minimum atomic E-state index is -0.108. The lowest BCUT2D eigenvalue weighted by Crippen LogP contribution is -2.21. The van der Waals surface area contributed by atoms with Crippen LogP contribution in [0.1, 0.15) is 12.8 Å². The Morgan fingerprint density at radius 3 is 3.21 bits per heavy atom. The van der Waals surface area contributed by atoms with Crippen molar-refractivity contribution in [2.75, 3.05) is 7.11 Å². The van der Waals surface area contributed by atoms with Gasteiger partial charge in [0.05, 0.1) is 7.11 Å². The number of hydrogen-bond acceptors (Lipinski definition) is 2. The van der Waals surface area contributed by atoms with Gasteiger partial charge in [-0.05, 0) is 36.5 Å². The monoisotopic (exact) mass is 190 g/mol. The van der Waals surface area contributed by atoms with Crippen molar-refractivity contribution >= 4 is 5.97 Å². The van der Waals surface area contributed by atoms with Gasteiger partial charge in [0.15, 0.2) is 0 Å². The van der Waals surface area contributed by atoms with Gasteiger partial charge in [-0.1, -0.05) is 18.2 Å². The van der Waals surface area contributed by atoms with Crippen molar-refractivity contribution in [3.05, 3.63) is 23.8 Å². The molecule has 3 aliphatic carbocycles. The summed E-state index contributed by atoms with van der Waals surface area (Å²) in [6, 6.07) is 0. The van der Waals surface area contributed by atoms with E-state index in [2.05, 4.69) is 18.2 Å². The topological polar surface area (TPSA) is 26.3 Å². The Labute approximate surface area is 83.6 Å². The summed E-state index contributed by atoms with van der Waals surface area (Å²) in [6.45, 7) is 0. The van der Waals surface area contributed by atoms with Gasteiger partial charge in [-0.25, -0.2) is 4.79 Å². The third kappa shape index (κ3) is 0.887. The second kappa shape index (κ2) is 2.72. The molecule has 0 radical (unpaired) electrons. The van der Waals surface area contributed by atoms with Crippen molar-refractivity contribution < 1.29 is 9.53 Å². The molecule has 3 rings (SSSR count). The highest BCUT2D eigenvalue weighted by molar-refractivity contribution is 5.90. The molecule has 74 valence electrons. The molecule has 14 heavy (non-hydrogen) atoms. The standard InChI is InChI=1S/C12H14O2/c1-14-12(13)11-6-7-5-10(11)9-4-2-3-8(7)9/h2-3,6-10H,4-5H2,1H3/t7?,8?,9?,10-/m0/s1. The Balaban J connectivity index is 1.91. The second-order valence-corrected chi connectivity index (χ2v) is 4.52. The molecule has 0 aromatic rings. The van der Waals surface area contributed by atoms with Crippen molar-refractivity contribution in [1.29, 1.82) is 0 Å². The number of fused-ring (bicyclic) bond motifs is 5. The van der Waals surface area contributed by atoms with Gasteiger partial charge < -0.3 is 4.74 Å². The second-order valence-electron chi connectivity index (χ2n) is 4.52. The van der Waals surface area contributed by atoms with Crippen LogP contribution in [0.4, 0.5) is 0 Å². The molecule has 0 amide bonds. The number of allylic oxidation sites excluding steroid dienone is 3. The lowest BCUT2D eigenvalue weighted by molar-refractivity contribution is -0.136. The van der Waals surface area contributed by atoms with Crippen molar-refractivity contribution in [3.63, 3.8) is 0 Å². The molecule has 4 atom stereocenters. The minimum absolute atomic E-state index is 0.108. The van der Waals surface area contributed by atoms with E-state index in [1.165, 1.54) is 13.5 Å². The van der Waals surface area contributed by atoms with E-state index < -0.39 is 0 Å². The molecule has 0 aromatic carbocycles. The smallest absolute Gasteiger partial charge is 0.333 e. The minimum Gasteiger partial charge on any atom is -0.466 e. The molecule has 1 saturated carbocycles. The van der Waals surface area contributed by atoms with Crippen LogP contribution in [-0.4, -0.2) is 13.1 Å². The number of carbonyl (C=O) groups is 1. The number of esters is 1. The van der Waals surface area contributed by atoms with Crippen LogP contribution in [0.3, 0.4) is 0 Å². The fourth-order valence-electron chi connectivity index (χ4n) is 3.44. The molecule has 3 aliphatic rings. The highest BCUT2D eigenvalue weighted by atomic mass is 16.5. The molecule has 2 nitrogen and oxygen atoms in total. The molecule has 0 aliphatic heterocycles. The third-order valence-corrected chi connectivity index (χ3v) is 4.01. The number of carbonyl (C=O) groups excluding carboxylic acids is 1. The first kappa shape index (κ1) is 8.27. The number of hydrogen-bond donors (Lipinski definition) is 0. The molecule has 0 saturated heterocycles. The lowest BCUT2D eigenvalue weighted by atomic mass is 9.81. The molecule has 1 fully saturated rings. The van der Waals surface area contributed by atoms with Crippen LogP contribution in [0, 0.1) is 23.7 Å². The van der Waals surface area contributed by atoms with E-state index >= 15 is 0 Å². The maximum Gasteiger partial charge on any atom is 0.333 e. The van der Waals surface area contributed by atoms with E-state index in [0.29, 0.717) is 23.7 Å². The summed E-state index contributed by atoms with van der Waals surface area (Å²) in [5.41, 5.74) is 0.947. The average Bonchev–Trinajstić information content (AvgIpc) is 2.86. The van der Waals surface area contributed by atoms with Gasteiger partial charge in [-0.15, -0.1) is 0 Å². The molecule has 0 heterocycles. The quantitative estimate of drug-likeness (QED) is 0.466. The maximum absolute atomic E-state index is 11.5. The molecule has 0 aromatic heterocycles. The molecule has 0 spiro atoms. The van der Waals surface area contributed by atoms with Gasteiger partial charge in [0, 0.05) is 5.57 Å². The summed E-state index contributed by atoms with van der Waals surface area (Å²) in [6.07, 6.45) is 9.07. The van der Waals surface area contributed by atoms with Gasteiger partial charge in [-0.3, -0.25) is 0 Å². The van der Waals surface area contributed by atoms with E-state index in [-0.39, 0.29) is 5.97 Å². The molecular formula is C12H14O2. The number of methoxy groups -OCH3 is 1. The SMILES string of the molecule is COC(=O)C1=CC2C[C@H]1C1CC=CC21. The Morgan fingerprint density at radius 2 is 2.43 bits per heavy atom. The highest BCUT2D eigenvalue weighted by Gasteiger charge is 2.49. The predicted octanol–water partition coefficient (Wildman–Crippen LogP) is 1.93. The fourth-order valence-corrected chi connectivity index (χ4v) is 3.44. The van der Waals surface area contributed by atoms with Gasteiger partial charge in [0.1, 0.15) is 0 Å². The van der Waals surface area contributed by atoms with Crippen LogP contribution in [0.15, 0.2) is 23.8 Å². The summed E-state index contributed by atoms with van der Waals surface area (Å²) < 4.78 is 4.81. The zero-order valence-corrected chi connectivity index (χ0v) is 8.27. The number of ether oxygens (including phenoxy) is 1. The van der Waals surface area contributed by atoms with Crippen LogP contribution in [-0.2, 0) is 9.53 Å². The first-order valence-corrected chi connectivity index (χ1v) is 5.28.